The van der Waals surface area contributed by atoms with Crippen LogP contribution in [0.5, 0.6) is 0 Å². The third-order valence-electron chi connectivity index (χ3n) is 2.76. The molecule has 1 atom stereocenters. The second-order valence-electron chi connectivity index (χ2n) is 4.25. The van der Waals surface area contributed by atoms with Crippen molar-refractivity contribution in [3.63, 3.8) is 0 Å². The predicted octanol–water partition coefficient (Wildman–Crippen LogP) is 2.34. The second-order valence-corrected chi connectivity index (χ2v) is 6.67. The Bertz CT molecular complexity index is 546. The molecule has 0 radical (unpaired) electrons. The number of rotatable bonds is 2. The smallest absolute Gasteiger partial charge is 0.216 e. The van der Waals surface area contributed by atoms with E-state index in [1.54, 1.807) is 11.8 Å². The van der Waals surface area contributed by atoms with E-state index >= 15 is 0 Å². The molecule has 0 aromatic carbocycles. The fraction of sp³-hybridized carbons (Fsp3) is 0.545. The van der Waals surface area contributed by atoms with Gasteiger partial charge in [-0.3, -0.25) is 0 Å². The summed E-state index contributed by atoms with van der Waals surface area (Å²) < 4.78 is 1.83. The Morgan fingerprint density at radius 1 is 1.41 bits per heavy atom. The van der Waals surface area contributed by atoms with E-state index in [1.165, 1.54) is 17.9 Å². The maximum Gasteiger partial charge on any atom is 0.253 e. The summed E-state index contributed by atoms with van der Waals surface area (Å²) in [5.74, 6) is 3.20. The molecule has 0 spiro atoms. The van der Waals surface area contributed by atoms with Crippen molar-refractivity contribution in [3.8, 4) is 0 Å². The van der Waals surface area contributed by atoms with Crippen LogP contribution in [0.4, 0.5) is 0 Å². The van der Waals surface area contributed by atoms with Gasteiger partial charge in [0.05, 0.1) is 0 Å². The molecular weight excluding hydrogens is 252 g/mol. The number of fused-ring (bicyclic) bond motifs is 1. The van der Waals surface area contributed by atoms with Crippen LogP contribution in [-0.2, 0) is 0 Å². The highest BCUT2D eigenvalue weighted by molar-refractivity contribution is 8.04. The highest BCUT2D eigenvalue weighted by Gasteiger charge is 2.19. The first kappa shape index (κ1) is 11.3. The summed E-state index contributed by atoms with van der Waals surface area (Å²) in [7, 11) is 0. The maximum atomic E-state index is 4.51. The largest absolute Gasteiger partial charge is 0.253 e. The Morgan fingerprint density at radius 3 is 3.06 bits per heavy atom. The average molecular weight is 266 g/mol. The molecule has 0 aliphatic carbocycles. The van der Waals surface area contributed by atoms with Crippen LogP contribution < -0.4 is 0 Å². The van der Waals surface area contributed by atoms with E-state index in [1.807, 2.05) is 36.2 Å². The van der Waals surface area contributed by atoms with Crippen molar-refractivity contribution in [1.82, 2.24) is 19.6 Å². The summed E-state index contributed by atoms with van der Waals surface area (Å²) in [6, 6.07) is 2.03. The first-order valence-electron chi connectivity index (χ1n) is 5.68. The highest BCUT2D eigenvalue weighted by atomic mass is 32.2. The molecule has 0 unspecified atom stereocenters. The molecule has 3 rings (SSSR count). The second kappa shape index (κ2) is 4.49. The molecule has 90 valence electrons. The van der Waals surface area contributed by atoms with Gasteiger partial charge in [-0.1, -0.05) is 11.8 Å². The molecule has 6 heteroatoms. The van der Waals surface area contributed by atoms with Crippen molar-refractivity contribution >= 4 is 29.3 Å². The zero-order valence-electron chi connectivity index (χ0n) is 9.88. The molecule has 3 heterocycles. The molecule has 0 amide bonds. The van der Waals surface area contributed by atoms with Gasteiger partial charge in [0.2, 0.25) is 5.16 Å². The van der Waals surface area contributed by atoms with Gasteiger partial charge < -0.3 is 0 Å². The summed E-state index contributed by atoms with van der Waals surface area (Å²) in [5.41, 5.74) is 2.09. The number of aryl methyl sites for hydroxylation is 2. The lowest BCUT2D eigenvalue weighted by molar-refractivity contribution is 0.838. The molecule has 0 saturated carbocycles. The van der Waals surface area contributed by atoms with Gasteiger partial charge in [-0.25, -0.2) is 9.50 Å². The predicted molar refractivity (Wildman–Crippen MR) is 71.8 cm³/mol. The number of thioether (sulfide) groups is 2. The lowest BCUT2D eigenvalue weighted by atomic mass is 10.4. The number of hydrogen-bond donors (Lipinski definition) is 0. The van der Waals surface area contributed by atoms with Crippen molar-refractivity contribution in [2.45, 2.75) is 30.7 Å². The molecule has 0 bridgehead atoms. The first-order valence-corrected chi connectivity index (χ1v) is 7.71. The summed E-state index contributed by atoms with van der Waals surface area (Å²) >= 11 is 3.80. The van der Waals surface area contributed by atoms with Crippen LogP contribution in [0.25, 0.3) is 5.78 Å². The van der Waals surface area contributed by atoms with Gasteiger partial charge in [-0.05, 0) is 32.1 Å². The van der Waals surface area contributed by atoms with Crippen LogP contribution in [-0.4, -0.2) is 36.3 Å². The molecule has 4 nitrogen and oxygen atoms in total. The van der Waals surface area contributed by atoms with Crippen molar-refractivity contribution in [2.24, 2.45) is 0 Å². The van der Waals surface area contributed by atoms with Crippen LogP contribution in [0, 0.1) is 13.8 Å². The monoisotopic (exact) mass is 266 g/mol. The molecule has 2 aromatic rings. The van der Waals surface area contributed by atoms with Gasteiger partial charge in [0, 0.05) is 22.4 Å². The lowest BCUT2D eigenvalue weighted by Crippen LogP contribution is -1.99. The van der Waals surface area contributed by atoms with E-state index in [9.17, 15) is 0 Å². The average Bonchev–Trinajstić information content (AvgIpc) is 2.87. The minimum Gasteiger partial charge on any atom is -0.216 e. The number of aromatic nitrogens is 4. The Kier molecular flexibility index (Phi) is 3.00. The lowest BCUT2D eigenvalue weighted by Gasteiger charge is -2.01. The fourth-order valence-corrected chi connectivity index (χ4v) is 4.51. The van der Waals surface area contributed by atoms with Gasteiger partial charge in [-0.15, -0.1) is 5.10 Å². The molecule has 1 aliphatic heterocycles. The third kappa shape index (κ3) is 2.28. The van der Waals surface area contributed by atoms with Gasteiger partial charge in [-0.2, -0.15) is 16.7 Å². The highest BCUT2D eigenvalue weighted by Crippen LogP contribution is 2.31. The Labute approximate surface area is 109 Å². The van der Waals surface area contributed by atoms with E-state index in [-0.39, 0.29) is 0 Å². The van der Waals surface area contributed by atoms with E-state index < -0.39 is 0 Å². The SMILES string of the molecule is Cc1cc(C)n2nc(S[C@H]3CCSC3)nc2n1. The quantitative estimate of drug-likeness (QED) is 0.834. The Balaban J connectivity index is 1.93. The molecule has 17 heavy (non-hydrogen) atoms. The van der Waals surface area contributed by atoms with Gasteiger partial charge in [0.1, 0.15) is 0 Å². The summed E-state index contributed by atoms with van der Waals surface area (Å²) in [6.07, 6.45) is 1.26. The van der Waals surface area contributed by atoms with Crippen LogP contribution in [0.2, 0.25) is 0 Å². The normalized spacial score (nSPS) is 20.2. The standard InChI is InChI=1S/C11H14N4S2/c1-7-5-8(2)15-10(12-7)13-11(14-15)17-9-3-4-16-6-9/h5,9H,3-4,6H2,1-2H3/t9-/m0/s1. The van der Waals surface area contributed by atoms with E-state index in [0.29, 0.717) is 5.25 Å². The molecule has 1 aliphatic rings. The van der Waals surface area contributed by atoms with Crippen molar-refractivity contribution in [3.05, 3.63) is 17.5 Å². The summed E-state index contributed by atoms with van der Waals surface area (Å²) in [4.78, 5) is 8.89. The van der Waals surface area contributed by atoms with Crippen molar-refractivity contribution in [1.29, 1.82) is 0 Å². The molecule has 2 aromatic heterocycles. The fourth-order valence-electron chi connectivity index (χ4n) is 1.95. The van der Waals surface area contributed by atoms with Crippen LogP contribution in [0.3, 0.4) is 0 Å². The number of hydrogen-bond acceptors (Lipinski definition) is 5. The zero-order chi connectivity index (χ0) is 11.8. The topological polar surface area (TPSA) is 43.1 Å². The molecule has 1 fully saturated rings. The van der Waals surface area contributed by atoms with Crippen molar-refractivity contribution in [2.75, 3.05) is 11.5 Å². The van der Waals surface area contributed by atoms with Crippen molar-refractivity contribution < 1.29 is 0 Å². The minimum atomic E-state index is 0.666. The molecule has 0 N–H and O–H groups in total. The molecular formula is C11H14N4S2. The van der Waals surface area contributed by atoms with Gasteiger partial charge >= 0.3 is 0 Å². The van der Waals surface area contributed by atoms with E-state index in [0.717, 1.165) is 22.3 Å². The van der Waals surface area contributed by atoms with Crippen LogP contribution >= 0.6 is 23.5 Å². The van der Waals surface area contributed by atoms with Crippen LogP contribution in [0.1, 0.15) is 17.8 Å². The van der Waals surface area contributed by atoms with E-state index in [2.05, 4.69) is 15.1 Å². The van der Waals surface area contributed by atoms with Gasteiger partial charge in [0.15, 0.2) is 0 Å². The van der Waals surface area contributed by atoms with Gasteiger partial charge in [0.25, 0.3) is 5.78 Å². The Hall–Kier alpha value is -0.750. The number of nitrogens with zero attached hydrogens (tertiary/aromatic N) is 4. The van der Waals surface area contributed by atoms with Crippen LogP contribution in [0.15, 0.2) is 11.2 Å². The zero-order valence-corrected chi connectivity index (χ0v) is 11.5. The first-order chi connectivity index (χ1) is 8.22. The third-order valence-corrected chi connectivity index (χ3v) is 5.25. The summed E-state index contributed by atoms with van der Waals surface area (Å²) in [6.45, 7) is 4.03. The minimum absolute atomic E-state index is 0.666. The maximum absolute atomic E-state index is 4.51. The summed E-state index contributed by atoms with van der Waals surface area (Å²) in [5, 5.41) is 6.04. The molecule has 1 saturated heterocycles. The van der Waals surface area contributed by atoms with E-state index in [4.69, 9.17) is 0 Å². The Morgan fingerprint density at radius 2 is 2.29 bits per heavy atom.